The molecule has 1 aliphatic rings. The zero-order valence-corrected chi connectivity index (χ0v) is 26.4. The molecule has 0 fully saturated rings. The minimum absolute atomic E-state index is 0.000286. The molecule has 0 saturated carbocycles. The highest BCUT2D eigenvalue weighted by atomic mass is 32.2. The lowest BCUT2D eigenvalue weighted by Crippen LogP contribution is -2.40. The number of amides is 1. The first kappa shape index (κ1) is 17.1. The SMILES string of the molecule is [2H]c1c([2H])c(C([2H])([2H])Sc2nc(=O)c3c(n2CC(=O)N(Cc2c([2H])c([2H])c(-c4c([2H])c([2H])c(C(F)(F)F)c([2H])c4[2H])c([2H])c2C)C([2H])([2H])C([2H])([2H])N(C([2H])([2H])C)C([2H])([2H])C)CCC3)c([2H])c([2H])c1F. The van der Waals surface area contributed by atoms with Crippen LogP contribution in [0.5, 0.6) is 0 Å². The zero-order chi connectivity index (χ0) is 53.0. The molecule has 4 aromatic rings. The predicted molar refractivity (Wildman–Crippen MR) is 181 cm³/mol. The van der Waals surface area contributed by atoms with Gasteiger partial charge in [-0.1, -0.05) is 67.9 Å². The summed E-state index contributed by atoms with van der Waals surface area (Å²) in [6.45, 7) is -14.2. The Balaban J connectivity index is 1.78. The van der Waals surface area contributed by atoms with Gasteiger partial charge in [0, 0.05) is 47.5 Å². The van der Waals surface area contributed by atoms with Gasteiger partial charge in [-0.2, -0.15) is 18.2 Å². The summed E-state index contributed by atoms with van der Waals surface area (Å²) in [4.78, 5) is 32.1. The van der Waals surface area contributed by atoms with Crippen LogP contribution < -0.4 is 5.56 Å². The van der Waals surface area contributed by atoms with Crippen LogP contribution in [0, 0.1) is 12.7 Å². The Kier molecular flexibility index (Phi) is 5.53. The van der Waals surface area contributed by atoms with Crippen molar-refractivity contribution in [3.63, 3.8) is 0 Å². The zero-order valence-electron chi connectivity index (χ0n) is 46.6. The number of alkyl halides is 3. The first-order valence-electron chi connectivity index (χ1n) is 24.6. The Morgan fingerprint density at radius 1 is 1.00 bits per heavy atom. The molecular formula is C37H40F4N4O2S. The molecule has 0 unspecified atom stereocenters. The fourth-order valence-corrected chi connectivity index (χ4v) is 5.27. The number of aromatic nitrogens is 2. The second-order valence-corrected chi connectivity index (χ2v) is 10.8. The molecule has 3 aromatic carbocycles. The molecule has 1 aliphatic carbocycles. The van der Waals surface area contributed by atoms with Gasteiger partial charge in [0.15, 0.2) is 5.16 Å². The predicted octanol–water partition coefficient (Wildman–Crippen LogP) is 7.53. The molecule has 0 aliphatic heterocycles. The van der Waals surface area contributed by atoms with Gasteiger partial charge >= 0.3 is 6.18 Å². The van der Waals surface area contributed by atoms with Gasteiger partial charge < -0.3 is 14.4 Å². The normalized spacial score (nSPS) is 20.6. The van der Waals surface area contributed by atoms with Crippen molar-refractivity contribution in [2.45, 2.75) is 70.2 Å². The van der Waals surface area contributed by atoms with E-state index in [9.17, 15) is 29.9 Å². The molecule has 0 atom stereocenters. The number of benzene rings is 3. The van der Waals surface area contributed by atoms with Crippen LogP contribution >= 0.6 is 11.8 Å². The second-order valence-electron chi connectivity index (χ2n) is 10.0. The number of carbonyl (C=O) groups excluding carboxylic acids is 1. The average Bonchev–Trinajstić information content (AvgIpc) is 3.69. The Bertz CT molecular complexity index is 2750. The number of halogens is 4. The van der Waals surface area contributed by atoms with Gasteiger partial charge in [-0.05, 0) is 91.2 Å². The van der Waals surface area contributed by atoms with Gasteiger partial charge in [0.1, 0.15) is 12.4 Å². The molecule has 0 bridgehead atoms. The highest BCUT2D eigenvalue weighted by Gasteiger charge is 2.30. The number of rotatable bonds is 13. The van der Waals surface area contributed by atoms with Crippen molar-refractivity contribution in [1.82, 2.24) is 19.4 Å². The van der Waals surface area contributed by atoms with Gasteiger partial charge in [-0.15, -0.1) is 0 Å². The molecule has 5 rings (SSSR count). The van der Waals surface area contributed by atoms with Crippen LogP contribution in [-0.4, -0.2) is 51.2 Å². The number of likely N-dealkylation sites (N-methyl/N-ethyl adjacent to an activating group) is 1. The third-order valence-electron chi connectivity index (χ3n) is 6.96. The lowest BCUT2D eigenvalue weighted by Gasteiger charge is -2.28. The minimum Gasteiger partial charge on any atom is -0.336 e. The Morgan fingerprint density at radius 3 is 2.35 bits per heavy atom. The number of fused-ring (bicyclic) bond motifs is 1. The van der Waals surface area contributed by atoms with Crippen LogP contribution in [0.3, 0.4) is 0 Å². The van der Waals surface area contributed by atoms with Crippen molar-refractivity contribution < 1.29 is 51.1 Å². The Labute approximate surface area is 312 Å². The molecule has 6 nitrogen and oxygen atoms in total. The van der Waals surface area contributed by atoms with Gasteiger partial charge in [0.25, 0.3) is 5.56 Å². The van der Waals surface area contributed by atoms with Crippen LogP contribution in [0.15, 0.2) is 76.4 Å². The molecule has 0 saturated heterocycles. The smallest absolute Gasteiger partial charge is 0.336 e. The largest absolute Gasteiger partial charge is 0.416 e. The van der Waals surface area contributed by atoms with E-state index in [1.165, 1.54) is 0 Å². The molecule has 1 amide bonds. The molecule has 1 heterocycles. The van der Waals surface area contributed by atoms with Gasteiger partial charge in [-0.3, -0.25) is 9.59 Å². The van der Waals surface area contributed by atoms with Crippen molar-refractivity contribution in [3.8, 4) is 11.1 Å². The Morgan fingerprint density at radius 2 is 1.69 bits per heavy atom. The molecule has 0 spiro atoms. The maximum Gasteiger partial charge on any atom is 0.416 e. The molecule has 1 aromatic heterocycles. The van der Waals surface area contributed by atoms with E-state index < -0.39 is 173 Å². The van der Waals surface area contributed by atoms with E-state index in [4.69, 9.17) is 26.0 Å². The number of hydrogen-bond acceptors (Lipinski definition) is 5. The Hall–Kier alpha value is -3.96. The summed E-state index contributed by atoms with van der Waals surface area (Å²) in [5.41, 5.74) is -10.1. The second kappa shape index (κ2) is 15.5. The number of hydrogen-bond donors (Lipinski definition) is 0. The first-order valence-corrected chi connectivity index (χ1v) is 14.9. The van der Waals surface area contributed by atoms with E-state index in [1.54, 1.807) is 0 Å². The van der Waals surface area contributed by atoms with Crippen LogP contribution in [0.25, 0.3) is 11.1 Å². The van der Waals surface area contributed by atoms with Crippen molar-refractivity contribution in [2.75, 3.05) is 26.0 Å². The molecule has 48 heavy (non-hydrogen) atoms. The number of thioether (sulfide) groups is 1. The van der Waals surface area contributed by atoms with E-state index in [0.717, 1.165) is 11.5 Å². The van der Waals surface area contributed by atoms with E-state index in [2.05, 4.69) is 4.98 Å². The van der Waals surface area contributed by atoms with Crippen LogP contribution in [0.4, 0.5) is 17.6 Å². The molecule has 11 heteroatoms. The summed E-state index contributed by atoms with van der Waals surface area (Å²) < 4.78 is 236. The quantitative estimate of drug-likeness (QED) is 0.0820. The maximum absolute atomic E-state index is 15.0. The number of nitrogens with zero attached hydrogens (tertiary/aromatic N) is 4. The first-order chi connectivity index (χ1) is 31.2. The maximum atomic E-state index is 15.0. The highest BCUT2D eigenvalue weighted by molar-refractivity contribution is 7.98. The minimum atomic E-state index is -5.38. The lowest BCUT2D eigenvalue weighted by atomic mass is 9.98. The van der Waals surface area contributed by atoms with Crippen molar-refractivity contribution >= 4 is 17.7 Å². The van der Waals surface area contributed by atoms with Gasteiger partial charge in [0.05, 0.1) is 23.4 Å². The third-order valence-corrected chi connectivity index (χ3v) is 7.76. The summed E-state index contributed by atoms with van der Waals surface area (Å²) in [6.07, 6.45) is -5.11. The van der Waals surface area contributed by atoms with Crippen LogP contribution in [0.1, 0.15) is 82.6 Å². The monoisotopic (exact) mass is 701 g/mol. The summed E-state index contributed by atoms with van der Waals surface area (Å²) >= 11 is -0.0348. The lowest BCUT2D eigenvalue weighted by molar-refractivity contribution is -0.137. The molecule has 254 valence electrons. The standard InChI is InChI=1S/C37H40F4N4O2S/c1-4-43(5-2)19-20-44(22-29-12-11-28(21-25(29)3)27-13-15-30(16-14-27)37(39,40)41)34(46)23-45-33-8-6-7-32(33)35(47)42-36(45)48-24-26-9-17-31(38)18-10-26/h9-18,21H,4-8,19-20,22-24H2,1-3H3/i4D2,5D2,9D,10D,11D,12D,13D,14D,15D,16D,17D,18D,19D2,20D2,21D,24D2. The van der Waals surface area contributed by atoms with E-state index in [0.29, 0.717) is 13.8 Å². The van der Waals surface area contributed by atoms with Crippen LogP contribution in [-0.2, 0) is 42.6 Å². The van der Waals surface area contributed by atoms with Crippen molar-refractivity contribution in [1.29, 1.82) is 0 Å². The fraction of sp³-hybridized carbons (Fsp3) is 0.378. The summed E-state index contributed by atoms with van der Waals surface area (Å²) in [6, 6.07) is -13.8. The van der Waals surface area contributed by atoms with E-state index in [1.807, 2.05) is 0 Å². The topological polar surface area (TPSA) is 58.4 Å². The van der Waals surface area contributed by atoms with Crippen LogP contribution in [0.2, 0.25) is 0 Å². The fourth-order valence-electron chi connectivity index (χ4n) is 4.56. The third kappa shape index (κ3) is 8.54. The van der Waals surface area contributed by atoms with Crippen molar-refractivity contribution in [2.24, 2.45) is 0 Å². The van der Waals surface area contributed by atoms with Crippen molar-refractivity contribution in [3.05, 3.63) is 116 Å². The van der Waals surface area contributed by atoms with E-state index >= 15 is 0 Å². The summed E-state index contributed by atoms with van der Waals surface area (Å²) in [7, 11) is 0. The number of carbonyl (C=O) groups is 1. The van der Waals surface area contributed by atoms with E-state index in [-0.39, 0.29) is 52.1 Å². The molecule has 0 radical (unpaired) electrons. The van der Waals surface area contributed by atoms with Gasteiger partial charge in [0.2, 0.25) is 5.91 Å². The highest BCUT2D eigenvalue weighted by Crippen LogP contribution is 2.32. The summed E-state index contributed by atoms with van der Waals surface area (Å²) in [5, 5.41) is -0.708. The molecule has 0 N–H and O–H groups in total. The molecular weight excluding hydrogens is 640 g/mol. The average molecular weight is 702 g/mol. The summed E-state index contributed by atoms with van der Waals surface area (Å²) in [5.74, 6) is -3.16. The van der Waals surface area contributed by atoms with Gasteiger partial charge in [-0.25, -0.2) is 4.39 Å².